The van der Waals surface area contributed by atoms with E-state index >= 15 is 0 Å². The molecule has 0 aromatic carbocycles. The van der Waals surface area contributed by atoms with Gasteiger partial charge in [-0.3, -0.25) is 4.79 Å². The van der Waals surface area contributed by atoms with Crippen LogP contribution in [0, 0.1) is 0 Å². The molecule has 0 unspecified atom stereocenters. The monoisotopic (exact) mass is 308 g/mol. The molecule has 1 aliphatic heterocycles. The standard InChI is InChI=1S/C14H16N2O2S2/c17-8-11-3-1-5-16(11)13(18)7-10-9-20-14(15-10)12-4-2-6-19-12/h2,4,6,9,11,17H,1,3,5,7-8H2/t11-/m1/s1. The molecule has 1 saturated heterocycles. The fraction of sp³-hybridized carbons (Fsp3) is 0.429. The number of rotatable bonds is 4. The lowest BCUT2D eigenvalue weighted by Gasteiger charge is -2.22. The molecular weight excluding hydrogens is 292 g/mol. The molecule has 0 spiro atoms. The summed E-state index contributed by atoms with van der Waals surface area (Å²) in [5.41, 5.74) is 0.826. The van der Waals surface area contributed by atoms with E-state index in [-0.39, 0.29) is 18.6 Å². The summed E-state index contributed by atoms with van der Waals surface area (Å²) in [6.45, 7) is 0.815. The van der Waals surface area contributed by atoms with E-state index in [4.69, 9.17) is 0 Å². The number of thiophene rings is 1. The number of aliphatic hydroxyl groups excluding tert-OH is 1. The van der Waals surface area contributed by atoms with Gasteiger partial charge in [0.25, 0.3) is 0 Å². The number of carbonyl (C=O) groups is 1. The lowest BCUT2D eigenvalue weighted by atomic mass is 10.2. The van der Waals surface area contributed by atoms with Gasteiger partial charge >= 0.3 is 0 Å². The van der Waals surface area contributed by atoms with Gasteiger partial charge in [0.1, 0.15) is 5.01 Å². The number of amides is 1. The van der Waals surface area contributed by atoms with Gasteiger partial charge in [0.15, 0.2) is 0 Å². The molecule has 1 amide bonds. The molecule has 6 heteroatoms. The van der Waals surface area contributed by atoms with Gasteiger partial charge in [-0.15, -0.1) is 22.7 Å². The minimum atomic E-state index is -0.00194. The van der Waals surface area contributed by atoms with Crippen molar-refractivity contribution in [2.24, 2.45) is 0 Å². The molecule has 0 saturated carbocycles. The highest BCUT2D eigenvalue weighted by atomic mass is 32.1. The average Bonchev–Trinajstić information content (AvgIpc) is 3.19. The molecular formula is C14H16N2O2S2. The van der Waals surface area contributed by atoms with E-state index in [0.717, 1.165) is 35.0 Å². The van der Waals surface area contributed by atoms with Gasteiger partial charge in [0.2, 0.25) is 5.91 Å². The van der Waals surface area contributed by atoms with E-state index in [2.05, 4.69) is 4.98 Å². The molecule has 0 bridgehead atoms. The molecule has 2 aromatic heterocycles. The van der Waals surface area contributed by atoms with Crippen LogP contribution in [0.25, 0.3) is 9.88 Å². The van der Waals surface area contributed by atoms with Gasteiger partial charge < -0.3 is 10.0 Å². The van der Waals surface area contributed by atoms with Crippen molar-refractivity contribution in [2.45, 2.75) is 25.3 Å². The molecule has 1 fully saturated rings. The van der Waals surface area contributed by atoms with Gasteiger partial charge in [-0.25, -0.2) is 4.98 Å². The van der Waals surface area contributed by atoms with Crippen LogP contribution in [0.1, 0.15) is 18.5 Å². The maximum atomic E-state index is 12.3. The minimum Gasteiger partial charge on any atom is -0.394 e. The van der Waals surface area contributed by atoms with Gasteiger partial charge in [-0.1, -0.05) is 6.07 Å². The minimum absolute atomic E-state index is 0.00194. The van der Waals surface area contributed by atoms with Crippen molar-refractivity contribution >= 4 is 28.6 Å². The second-order valence-electron chi connectivity index (χ2n) is 4.86. The Morgan fingerprint density at radius 3 is 3.15 bits per heavy atom. The van der Waals surface area contributed by atoms with Gasteiger partial charge in [0.05, 0.1) is 29.6 Å². The lowest BCUT2D eigenvalue weighted by Crippen LogP contribution is -2.38. The third-order valence-corrected chi connectivity index (χ3v) is 5.45. The van der Waals surface area contributed by atoms with E-state index in [1.165, 1.54) is 0 Å². The van der Waals surface area contributed by atoms with Crippen LogP contribution < -0.4 is 0 Å². The Morgan fingerprint density at radius 1 is 1.50 bits per heavy atom. The zero-order valence-corrected chi connectivity index (χ0v) is 12.6. The maximum Gasteiger partial charge on any atom is 0.228 e. The molecule has 20 heavy (non-hydrogen) atoms. The van der Waals surface area contributed by atoms with Crippen LogP contribution in [0.2, 0.25) is 0 Å². The number of hydrogen-bond acceptors (Lipinski definition) is 5. The van der Waals surface area contributed by atoms with Crippen LogP contribution in [-0.2, 0) is 11.2 Å². The number of nitrogens with zero attached hydrogens (tertiary/aromatic N) is 2. The van der Waals surface area contributed by atoms with Crippen molar-refractivity contribution in [2.75, 3.05) is 13.2 Å². The van der Waals surface area contributed by atoms with Crippen molar-refractivity contribution in [3.05, 3.63) is 28.6 Å². The smallest absolute Gasteiger partial charge is 0.228 e. The van der Waals surface area contributed by atoms with Gasteiger partial charge in [-0.05, 0) is 24.3 Å². The third-order valence-electron chi connectivity index (χ3n) is 3.52. The Morgan fingerprint density at radius 2 is 2.40 bits per heavy atom. The van der Waals surface area contributed by atoms with E-state index < -0.39 is 0 Å². The summed E-state index contributed by atoms with van der Waals surface area (Å²) in [5, 5.41) is 14.2. The first-order valence-corrected chi connectivity index (χ1v) is 8.42. The van der Waals surface area contributed by atoms with E-state index in [0.29, 0.717) is 6.42 Å². The summed E-state index contributed by atoms with van der Waals surface area (Å²) < 4.78 is 0. The van der Waals surface area contributed by atoms with Crippen LogP contribution >= 0.6 is 22.7 Å². The third kappa shape index (κ3) is 2.77. The predicted molar refractivity (Wildman–Crippen MR) is 81.0 cm³/mol. The molecule has 0 radical (unpaired) electrons. The topological polar surface area (TPSA) is 53.4 Å². The number of aliphatic hydroxyl groups is 1. The summed E-state index contributed by atoms with van der Waals surface area (Å²) in [6.07, 6.45) is 2.21. The van der Waals surface area contributed by atoms with Crippen LogP contribution in [-0.4, -0.2) is 40.1 Å². The first-order chi connectivity index (χ1) is 9.78. The number of hydrogen-bond donors (Lipinski definition) is 1. The fourth-order valence-corrected chi connectivity index (χ4v) is 4.15. The zero-order chi connectivity index (χ0) is 13.9. The van der Waals surface area contributed by atoms with Crippen molar-refractivity contribution < 1.29 is 9.90 Å². The summed E-state index contributed by atoms with van der Waals surface area (Å²) in [5.74, 6) is 0.0737. The van der Waals surface area contributed by atoms with E-state index in [1.807, 2.05) is 22.9 Å². The van der Waals surface area contributed by atoms with Crippen molar-refractivity contribution in [3.8, 4) is 9.88 Å². The highest BCUT2D eigenvalue weighted by Crippen LogP contribution is 2.28. The SMILES string of the molecule is O=C(Cc1csc(-c2cccs2)n1)N1CCC[C@@H]1CO. The molecule has 0 aliphatic carbocycles. The number of aromatic nitrogens is 1. The normalized spacial score (nSPS) is 18.6. The molecule has 1 atom stereocenters. The van der Waals surface area contributed by atoms with Crippen molar-refractivity contribution in [1.82, 2.24) is 9.88 Å². The number of thiazole rings is 1. The Balaban J connectivity index is 1.67. The molecule has 2 aromatic rings. The van der Waals surface area contributed by atoms with Crippen LogP contribution in [0.4, 0.5) is 0 Å². The van der Waals surface area contributed by atoms with Crippen LogP contribution in [0.15, 0.2) is 22.9 Å². The molecule has 3 rings (SSSR count). The highest BCUT2D eigenvalue weighted by molar-refractivity contribution is 7.20. The van der Waals surface area contributed by atoms with Crippen LogP contribution in [0.5, 0.6) is 0 Å². The van der Waals surface area contributed by atoms with Gasteiger partial charge in [0, 0.05) is 11.9 Å². The number of likely N-dealkylation sites (tertiary alicyclic amines) is 1. The predicted octanol–water partition coefficient (Wildman–Crippen LogP) is 2.40. The Kier molecular flexibility index (Phi) is 4.14. The fourth-order valence-electron chi connectivity index (χ4n) is 2.51. The van der Waals surface area contributed by atoms with Crippen molar-refractivity contribution in [3.63, 3.8) is 0 Å². The second kappa shape index (κ2) is 6.03. The largest absolute Gasteiger partial charge is 0.394 e. The first-order valence-electron chi connectivity index (χ1n) is 6.66. The van der Waals surface area contributed by atoms with Gasteiger partial charge in [-0.2, -0.15) is 0 Å². The lowest BCUT2D eigenvalue weighted by molar-refractivity contribution is -0.132. The Bertz CT molecular complexity index is 580. The zero-order valence-electron chi connectivity index (χ0n) is 11.0. The van der Waals surface area contributed by atoms with E-state index in [9.17, 15) is 9.90 Å². The van der Waals surface area contributed by atoms with E-state index in [1.54, 1.807) is 27.6 Å². The quantitative estimate of drug-likeness (QED) is 0.943. The summed E-state index contributed by atoms with van der Waals surface area (Å²) in [6, 6.07) is 4.04. The first kappa shape index (κ1) is 13.7. The molecule has 3 heterocycles. The summed E-state index contributed by atoms with van der Waals surface area (Å²) >= 11 is 3.23. The molecule has 1 N–H and O–H groups in total. The summed E-state index contributed by atoms with van der Waals surface area (Å²) in [7, 11) is 0. The van der Waals surface area contributed by atoms with Crippen LogP contribution in [0.3, 0.4) is 0 Å². The highest BCUT2D eigenvalue weighted by Gasteiger charge is 2.28. The Hall–Kier alpha value is -1.24. The average molecular weight is 308 g/mol. The maximum absolute atomic E-state index is 12.3. The molecule has 4 nitrogen and oxygen atoms in total. The molecule has 1 aliphatic rings. The van der Waals surface area contributed by atoms with Crippen molar-refractivity contribution in [1.29, 1.82) is 0 Å². The molecule has 106 valence electrons. The summed E-state index contributed by atoms with van der Waals surface area (Å²) in [4.78, 5) is 19.7. The Labute approximate surface area is 125 Å². The number of carbonyl (C=O) groups excluding carboxylic acids is 1. The second-order valence-corrected chi connectivity index (χ2v) is 6.67.